The van der Waals surface area contributed by atoms with Gasteiger partial charge in [-0.1, -0.05) is 30.3 Å². The highest BCUT2D eigenvalue weighted by atomic mass is 19.4. The van der Waals surface area contributed by atoms with Gasteiger partial charge in [0.1, 0.15) is 11.4 Å². The second-order valence-electron chi connectivity index (χ2n) is 6.76. The number of benzene rings is 1. The molecule has 7 nitrogen and oxygen atoms in total. The second kappa shape index (κ2) is 9.94. The number of hydrogen-bond donors (Lipinski definition) is 2. The molecular weight excluding hydrogens is 437 g/mol. The van der Waals surface area contributed by atoms with Gasteiger partial charge in [-0.25, -0.2) is 9.78 Å². The molecule has 170 valence electrons. The van der Waals surface area contributed by atoms with Gasteiger partial charge in [-0.2, -0.15) is 13.2 Å². The zero-order chi connectivity index (χ0) is 24.0. The highest BCUT2D eigenvalue weighted by Gasteiger charge is 2.38. The molecule has 0 atom stereocenters. The van der Waals surface area contributed by atoms with Crippen molar-refractivity contribution in [2.75, 3.05) is 7.11 Å². The van der Waals surface area contributed by atoms with E-state index in [1.165, 1.54) is 0 Å². The monoisotopic (exact) mass is 456 g/mol. The molecule has 0 aliphatic rings. The van der Waals surface area contributed by atoms with Crippen molar-refractivity contribution in [3.63, 3.8) is 0 Å². The third kappa shape index (κ3) is 5.94. The number of pyridine rings is 2. The molecule has 4 rings (SSSR count). The molecule has 1 aromatic carbocycles. The normalized spacial score (nSPS) is 10.8. The molecule has 4 aromatic rings. The van der Waals surface area contributed by atoms with Crippen LogP contribution in [0.3, 0.4) is 0 Å². The average Bonchev–Trinajstić information content (AvgIpc) is 3.21. The quantitative estimate of drug-likeness (QED) is 0.440. The number of alkyl halides is 3. The van der Waals surface area contributed by atoms with Crippen molar-refractivity contribution in [2.24, 2.45) is 0 Å². The molecule has 3 aromatic heterocycles. The number of rotatable bonds is 4. The molecular formula is C23H19F3N4O3. The number of carboxylic acids is 1. The number of imidazole rings is 1. The number of halogens is 3. The van der Waals surface area contributed by atoms with Gasteiger partial charge in [-0.15, -0.1) is 0 Å². The SMILES string of the molecule is COc1cncc(-c2ccnc(-c3nc(C)c(-c4ccccc4)[nH]3)c2)c1.O=C(O)C(F)(F)F. The molecule has 0 unspecified atom stereocenters. The Morgan fingerprint density at radius 2 is 1.73 bits per heavy atom. The third-order valence-electron chi connectivity index (χ3n) is 4.47. The standard InChI is InChI=1S/C21H18N4O.C2HF3O2/c1-14-20(15-6-4-3-5-7-15)25-21(24-14)19-11-16(8-9-23-19)17-10-18(26-2)13-22-12-17;3-2(4,5)1(6)7/h3-13H,1-2H3,(H,24,25);(H,6,7). The Hall–Kier alpha value is -4.21. The molecule has 0 bridgehead atoms. The van der Waals surface area contributed by atoms with Crippen LogP contribution in [0.15, 0.2) is 67.1 Å². The van der Waals surface area contributed by atoms with Crippen LogP contribution in [0.2, 0.25) is 0 Å². The number of nitrogens with zero attached hydrogens (tertiary/aromatic N) is 3. The first kappa shape index (κ1) is 23.5. The van der Waals surface area contributed by atoms with Crippen molar-refractivity contribution in [1.82, 2.24) is 19.9 Å². The topological polar surface area (TPSA) is 101 Å². The highest BCUT2D eigenvalue weighted by molar-refractivity contribution is 5.73. The predicted octanol–water partition coefficient (Wildman–Crippen LogP) is 5.15. The lowest BCUT2D eigenvalue weighted by atomic mass is 10.1. The molecule has 0 aliphatic carbocycles. The van der Waals surface area contributed by atoms with Gasteiger partial charge in [0.15, 0.2) is 5.82 Å². The lowest BCUT2D eigenvalue weighted by Crippen LogP contribution is -2.21. The summed E-state index contributed by atoms with van der Waals surface area (Å²) >= 11 is 0. The van der Waals surface area contributed by atoms with Crippen molar-refractivity contribution < 1.29 is 27.8 Å². The van der Waals surface area contributed by atoms with E-state index in [2.05, 4.69) is 32.1 Å². The molecule has 0 radical (unpaired) electrons. The number of aromatic nitrogens is 4. The van der Waals surface area contributed by atoms with Gasteiger partial charge in [-0.05, 0) is 36.2 Å². The van der Waals surface area contributed by atoms with E-state index in [0.29, 0.717) is 0 Å². The molecule has 2 N–H and O–H groups in total. The number of H-pyrrole nitrogens is 1. The Morgan fingerprint density at radius 1 is 1.03 bits per heavy atom. The predicted molar refractivity (Wildman–Crippen MR) is 115 cm³/mol. The molecule has 33 heavy (non-hydrogen) atoms. The van der Waals surface area contributed by atoms with Crippen LogP contribution in [0.4, 0.5) is 13.2 Å². The van der Waals surface area contributed by atoms with Crippen LogP contribution < -0.4 is 4.74 Å². The first-order valence-electron chi connectivity index (χ1n) is 9.57. The Bertz CT molecular complexity index is 1240. The van der Waals surface area contributed by atoms with Gasteiger partial charge in [0.25, 0.3) is 0 Å². The van der Waals surface area contributed by atoms with Crippen LogP contribution in [0.25, 0.3) is 33.9 Å². The maximum atomic E-state index is 10.6. The fourth-order valence-corrected chi connectivity index (χ4v) is 2.90. The van der Waals surface area contributed by atoms with E-state index in [4.69, 9.17) is 14.6 Å². The number of methoxy groups -OCH3 is 1. The van der Waals surface area contributed by atoms with Crippen molar-refractivity contribution in [1.29, 1.82) is 0 Å². The molecule has 0 saturated carbocycles. The van der Waals surface area contributed by atoms with E-state index in [9.17, 15) is 13.2 Å². The third-order valence-corrected chi connectivity index (χ3v) is 4.47. The maximum absolute atomic E-state index is 10.6. The first-order valence-corrected chi connectivity index (χ1v) is 9.57. The lowest BCUT2D eigenvalue weighted by Gasteiger charge is -2.05. The average molecular weight is 456 g/mol. The molecule has 0 spiro atoms. The molecule has 0 amide bonds. The van der Waals surface area contributed by atoms with Gasteiger partial charge in [0.2, 0.25) is 0 Å². The van der Waals surface area contributed by atoms with E-state index in [1.807, 2.05) is 49.5 Å². The minimum Gasteiger partial charge on any atom is -0.495 e. The van der Waals surface area contributed by atoms with Crippen molar-refractivity contribution >= 4 is 5.97 Å². The van der Waals surface area contributed by atoms with Gasteiger partial charge < -0.3 is 14.8 Å². The van der Waals surface area contributed by atoms with Crippen molar-refractivity contribution in [3.05, 3.63) is 72.8 Å². The van der Waals surface area contributed by atoms with Crippen LogP contribution in [-0.4, -0.2) is 44.3 Å². The number of nitrogens with one attached hydrogen (secondary N) is 1. The minimum absolute atomic E-state index is 0.723. The summed E-state index contributed by atoms with van der Waals surface area (Å²) < 4.78 is 37.0. The van der Waals surface area contributed by atoms with Crippen molar-refractivity contribution in [2.45, 2.75) is 13.1 Å². The summed E-state index contributed by atoms with van der Waals surface area (Å²) in [5.74, 6) is -1.28. The highest BCUT2D eigenvalue weighted by Crippen LogP contribution is 2.28. The van der Waals surface area contributed by atoms with Crippen LogP contribution in [0.1, 0.15) is 5.69 Å². The maximum Gasteiger partial charge on any atom is 0.490 e. The summed E-state index contributed by atoms with van der Waals surface area (Å²) in [6.45, 7) is 2.00. The summed E-state index contributed by atoms with van der Waals surface area (Å²) in [7, 11) is 1.63. The Morgan fingerprint density at radius 3 is 2.36 bits per heavy atom. The van der Waals surface area contributed by atoms with Crippen LogP contribution in [-0.2, 0) is 4.79 Å². The second-order valence-corrected chi connectivity index (χ2v) is 6.76. The Labute approximate surface area is 187 Å². The molecule has 3 heterocycles. The van der Waals surface area contributed by atoms with E-state index in [-0.39, 0.29) is 0 Å². The number of ether oxygens (including phenoxy) is 1. The number of aliphatic carboxylic acids is 1. The lowest BCUT2D eigenvalue weighted by molar-refractivity contribution is -0.192. The molecule has 0 saturated heterocycles. The largest absolute Gasteiger partial charge is 0.495 e. The Kier molecular flexibility index (Phi) is 7.07. The van der Waals surface area contributed by atoms with E-state index < -0.39 is 12.1 Å². The van der Waals surface area contributed by atoms with E-state index in [1.54, 1.807) is 19.5 Å². The van der Waals surface area contributed by atoms with Crippen molar-refractivity contribution in [3.8, 4) is 39.7 Å². The van der Waals surface area contributed by atoms with Gasteiger partial charge in [0, 0.05) is 18.0 Å². The fraction of sp³-hybridized carbons (Fsp3) is 0.130. The van der Waals surface area contributed by atoms with Gasteiger partial charge >= 0.3 is 12.1 Å². The minimum atomic E-state index is -5.08. The zero-order valence-corrected chi connectivity index (χ0v) is 17.6. The van der Waals surface area contributed by atoms with E-state index >= 15 is 0 Å². The van der Waals surface area contributed by atoms with Crippen LogP contribution in [0, 0.1) is 6.92 Å². The Balaban J connectivity index is 0.000000383. The van der Waals surface area contributed by atoms with E-state index in [0.717, 1.165) is 45.3 Å². The smallest absolute Gasteiger partial charge is 0.490 e. The summed E-state index contributed by atoms with van der Waals surface area (Å²) in [5.41, 5.74) is 5.83. The zero-order valence-electron chi connectivity index (χ0n) is 17.6. The number of hydrogen-bond acceptors (Lipinski definition) is 5. The summed E-state index contributed by atoms with van der Waals surface area (Å²) in [6.07, 6.45) is 0.197. The summed E-state index contributed by atoms with van der Waals surface area (Å²) in [6, 6.07) is 16.1. The van der Waals surface area contributed by atoms with Gasteiger partial charge in [0.05, 0.1) is 24.7 Å². The van der Waals surface area contributed by atoms with Crippen LogP contribution in [0.5, 0.6) is 5.75 Å². The number of aryl methyl sites for hydroxylation is 1. The van der Waals surface area contributed by atoms with Gasteiger partial charge in [-0.3, -0.25) is 9.97 Å². The molecule has 10 heteroatoms. The fourth-order valence-electron chi connectivity index (χ4n) is 2.90. The summed E-state index contributed by atoms with van der Waals surface area (Å²) in [5, 5.41) is 7.12. The summed E-state index contributed by atoms with van der Waals surface area (Å²) in [4.78, 5) is 25.7. The first-order chi connectivity index (χ1) is 15.7. The molecule has 0 aliphatic heterocycles. The number of carbonyl (C=O) groups is 1. The molecule has 0 fully saturated rings. The number of carboxylic acid groups (broad SMARTS) is 1. The number of aromatic amines is 1. The van der Waals surface area contributed by atoms with Crippen LogP contribution >= 0.6 is 0 Å².